The maximum Gasteiger partial charge on any atom is 0.222 e. The molecule has 0 unspecified atom stereocenters. The van der Waals surface area contributed by atoms with Crippen molar-refractivity contribution >= 4 is 17.2 Å². The summed E-state index contributed by atoms with van der Waals surface area (Å²) in [4.78, 5) is 21.0. The summed E-state index contributed by atoms with van der Waals surface area (Å²) in [6, 6.07) is 26.1. The monoisotopic (exact) mass is 514 g/mol. The number of hydrogen-bond donors (Lipinski definition) is 0. The topological polar surface area (TPSA) is 51.7 Å². The number of amides is 1. The predicted molar refractivity (Wildman–Crippen MR) is 149 cm³/mol. The minimum atomic E-state index is 0.172. The predicted octanol–water partition coefficient (Wildman–Crippen LogP) is 6.72. The first kappa shape index (κ1) is 26.4. The van der Waals surface area contributed by atoms with Crippen molar-refractivity contribution < 1.29 is 14.3 Å². The molecule has 2 aromatic carbocycles. The smallest absolute Gasteiger partial charge is 0.222 e. The lowest BCUT2D eigenvalue weighted by Gasteiger charge is -2.23. The fraction of sp³-hybridized carbons (Fsp3) is 0.290. The summed E-state index contributed by atoms with van der Waals surface area (Å²) < 4.78 is 11.6. The minimum Gasteiger partial charge on any atom is -0.493 e. The molecule has 0 N–H and O–H groups in total. The summed E-state index contributed by atoms with van der Waals surface area (Å²) in [7, 11) is 1.64. The average molecular weight is 515 g/mol. The molecule has 0 aliphatic carbocycles. The molecule has 1 amide bonds. The SMILES string of the molecule is COc1cc(CN(CCc2ccccn2)C(=O)CCCCc2cccs2)ccc1OCc1ccccc1. The van der Waals surface area contributed by atoms with Gasteiger partial charge in [0.2, 0.25) is 5.91 Å². The van der Waals surface area contributed by atoms with Crippen molar-refractivity contribution in [2.45, 2.75) is 45.3 Å². The van der Waals surface area contributed by atoms with Gasteiger partial charge in [-0.3, -0.25) is 9.78 Å². The molecule has 2 aromatic heterocycles. The third kappa shape index (κ3) is 8.46. The van der Waals surface area contributed by atoms with Crippen LogP contribution in [-0.4, -0.2) is 29.4 Å². The van der Waals surface area contributed by atoms with Crippen LogP contribution in [0.3, 0.4) is 0 Å². The number of aromatic nitrogens is 1. The van der Waals surface area contributed by atoms with Crippen molar-refractivity contribution in [3.8, 4) is 11.5 Å². The summed E-state index contributed by atoms with van der Waals surface area (Å²) in [5.74, 6) is 1.53. The van der Waals surface area contributed by atoms with Crippen LogP contribution in [0.15, 0.2) is 90.4 Å². The summed E-state index contributed by atoms with van der Waals surface area (Å²) in [6.45, 7) is 1.61. The van der Waals surface area contributed by atoms with Gasteiger partial charge in [-0.25, -0.2) is 0 Å². The van der Waals surface area contributed by atoms with Crippen molar-refractivity contribution in [2.75, 3.05) is 13.7 Å². The van der Waals surface area contributed by atoms with E-state index in [1.54, 1.807) is 24.6 Å². The van der Waals surface area contributed by atoms with Gasteiger partial charge >= 0.3 is 0 Å². The first-order chi connectivity index (χ1) is 18.2. The van der Waals surface area contributed by atoms with Crippen molar-refractivity contribution in [1.82, 2.24) is 9.88 Å². The Hall–Kier alpha value is -3.64. The largest absolute Gasteiger partial charge is 0.493 e. The molecule has 0 radical (unpaired) electrons. The molecule has 0 saturated carbocycles. The van der Waals surface area contributed by atoms with E-state index in [1.165, 1.54) is 4.88 Å². The van der Waals surface area contributed by atoms with Crippen LogP contribution in [0.4, 0.5) is 0 Å². The number of rotatable bonds is 14. The second-order valence-corrected chi connectivity index (χ2v) is 9.96. The van der Waals surface area contributed by atoms with Crippen LogP contribution in [-0.2, 0) is 30.8 Å². The molecular weight excluding hydrogens is 480 g/mol. The van der Waals surface area contributed by atoms with E-state index in [0.29, 0.717) is 37.6 Å². The fourth-order valence-electron chi connectivity index (χ4n) is 4.16. The Morgan fingerprint density at radius 1 is 0.892 bits per heavy atom. The van der Waals surface area contributed by atoms with Gasteiger partial charge in [-0.05, 0) is 66.1 Å². The van der Waals surface area contributed by atoms with Gasteiger partial charge in [0, 0.05) is 42.7 Å². The highest BCUT2D eigenvalue weighted by Crippen LogP contribution is 2.29. The van der Waals surface area contributed by atoms with Crippen molar-refractivity contribution in [1.29, 1.82) is 0 Å². The molecule has 0 aliphatic rings. The van der Waals surface area contributed by atoms with Crippen molar-refractivity contribution in [2.24, 2.45) is 0 Å². The summed E-state index contributed by atoms with van der Waals surface area (Å²) in [5, 5.41) is 2.10. The molecule has 0 atom stereocenters. The van der Waals surface area contributed by atoms with Gasteiger partial charge < -0.3 is 14.4 Å². The van der Waals surface area contributed by atoms with Crippen LogP contribution in [0, 0.1) is 0 Å². The fourth-order valence-corrected chi connectivity index (χ4v) is 4.91. The van der Waals surface area contributed by atoms with Crippen LogP contribution >= 0.6 is 11.3 Å². The van der Waals surface area contributed by atoms with Crippen molar-refractivity contribution in [3.63, 3.8) is 0 Å². The number of unbranched alkanes of at least 4 members (excludes halogenated alkanes) is 1. The van der Waals surface area contributed by atoms with E-state index in [0.717, 1.165) is 42.5 Å². The minimum absolute atomic E-state index is 0.172. The molecule has 0 fully saturated rings. The lowest BCUT2D eigenvalue weighted by Crippen LogP contribution is -2.32. The van der Waals surface area contributed by atoms with Gasteiger partial charge in [0.05, 0.1) is 7.11 Å². The second kappa shape index (κ2) is 14.2. The number of nitrogens with zero attached hydrogens (tertiary/aromatic N) is 2. The van der Waals surface area contributed by atoms with E-state index in [9.17, 15) is 4.79 Å². The molecule has 2 heterocycles. The van der Waals surface area contributed by atoms with Gasteiger partial charge in [-0.2, -0.15) is 0 Å². The van der Waals surface area contributed by atoms with Crippen LogP contribution < -0.4 is 9.47 Å². The van der Waals surface area contributed by atoms with Gasteiger partial charge in [-0.15, -0.1) is 11.3 Å². The average Bonchev–Trinajstić information content (AvgIpc) is 3.47. The number of pyridine rings is 1. The lowest BCUT2D eigenvalue weighted by atomic mass is 10.1. The zero-order valence-electron chi connectivity index (χ0n) is 21.3. The van der Waals surface area contributed by atoms with Gasteiger partial charge in [-0.1, -0.05) is 48.5 Å². The number of thiophene rings is 1. The number of methoxy groups -OCH3 is 1. The number of benzene rings is 2. The van der Waals surface area contributed by atoms with Crippen LogP contribution in [0.25, 0.3) is 0 Å². The first-order valence-electron chi connectivity index (χ1n) is 12.7. The molecule has 37 heavy (non-hydrogen) atoms. The Morgan fingerprint density at radius 3 is 2.51 bits per heavy atom. The number of aryl methyl sites for hydroxylation is 1. The first-order valence-corrected chi connectivity index (χ1v) is 13.6. The number of ether oxygens (including phenoxy) is 2. The van der Waals surface area contributed by atoms with E-state index in [1.807, 2.05) is 71.6 Å². The molecule has 4 rings (SSSR count). The van der Waals surface area contributed by atoms with E-state index in [-0.39, 0.29) is 5.91 Å². The van der Waals surface area contributed by atoms with Crippen LogP contribution in [0.1, 0.15) is 41.0 Å². The Morgan fingerprint density at radius 2 is 1.76 bits per heavy atom. The van der Waals surface area contributed by atoms with E-state index in [2.05, 4.69) is 22.5 Å². The molecule has 0 aliphatic heterocycles. The Kier molecular flexibility index (Phi) is 10.1. The molecule has 4 aromatic rings. The Balaban J connectivity index is 1.39. The normalized spacial score (nSPS) is 10.7. The summed E-state index contributed by atoms with van der Waals surface area (Å²) >= 11 is 1.78. The maximum absolute atomic E-state index is 13.3. The van der Waals surface area contributed by atoms with Gasteiger partial charge in [0.25, 0.3) is 0 Å². The standard InChI is InChI=1S/C31H34N2O3S/c1-35-30-22-26(16-17-29(30)36-24-25-10-3-2-4-11-25)23-33(20-18-27-12-7-8-19-32-27)31(34)15-6-5-13-28-14-9-21-37-28/h2-4,7-12,14,16-17,19,21-22H,5-6,13,15,18,20,23-24H2,1H3. The number of carbonyl (C=O) groups excluding carboxylic acids is 1. The quantitative estimate of drug-likeness (QED) is 0.175. The molecule has 192 valence electrons. The molecule has 0 bridgehead atoms. The van der Waals surface area contributed by atoms with E-state index < -0.39 is 0 Å². The highest BCUT2D eigenvalue weighted by molar-refractivity contribution is 7.09. The molecule has 0 saturated heterocycles. The number of hydrogen-bond acceptors (Lipinski definition) is 5. The third-order valence-corrected chi connectivity index (χ3v) is 7.14. The lowest BCUT2D eigenvalue weighted by molar-refractivity contribution is -0.131. The van der Waals surface area contributed by atoms with Crippen molar-refractivity contribution in [3.05, 3.63) is 112 Å². The molecule has 6 heteroatoms. The highest BCUT2D eigenvalue weighted by atomic mass is 32.1. The molecule has 0 spiro atoms. The van der Waals surface area contributed by atoms with E-state index >= 15 is 0 Å². The Labute approximate surface area is 223 Å². The maximum atomic E-state index is 13.3. The second-order valence-electron chi connectivity index (χ2n) is 8.93. The third-order valence-electron chi connectivity index (χ3n) is 6.20. The summed E-state index contributed by atoms with van der Waals surface area (Å²) in [5.41, 5.74) is 3.09. The highest BCUT2D eigenvalue weighted by Gasteiger charge is 2.16. The summed E-state index contributed by atoms with van der Waals surface area (Å²) in [6.07, 6.45) is 5.99. The molecular formula is C31H34N2O3S. The van der Waals surface area contributed by atoms with E-state index in [4.69, 9.17) is 9.47 Å². The van der Waals surface area contributed by atoms with Gasteiger partial charge in [0.1, 0.15) is 6.61 Å². The van der Waals surface area contributed by atoms with Gasteiger partial charge in [0.15, 0.2) is 11.5 Å². The van der Waals surface area contributed by atoms with Crippen LogP contribution in [0.5, 0.6) is 11.5 Å². The zero-order valence-corrected chi connectivity index (χ0v) is 22.2. The van der Waals surface area contributed by atoms with Crippen LogP contribution in [0.2, 0.25) is 0 Å². The molecule has 5 nitrogen and oxygen atoms in total. The zero-order chi connectivity index (χ0) is 25.7. The number of carbonyl (C=O) groups is 1. The Bertz CT molecular complexity index is 1210.